The van der Waals surface area contributed by atoms with Gasteiger partial charge in [-0.25, -0.2) is 8.42 Å². The maximum atomic E-state index is 13.3. The van der Waals surface area contributed by atoms with E-state index in [1.165, 1.54) is 11.3 Å². The summed E-state index contributed by atoms with van der Waals surface area (Å²) in [6.45, 7) is 8.02. The van der Waals surface area contributed by atoms with Gasteiger partial charge in [-0.05, 0) is 74.8 Å². The van der Waals surface area contributed by atoms with E-state index >= 15 is 0 Å². The maximum Gasteiger partial charge on any atom is 0.243 e. The summed E-state index contributed by atoms with van der Waals surface area (Å²) in [6, 6.07) is 10.3. The van der Waals surface area contributed by atoms with Crippen molar-refractivity contribution in [3.05, 3.63) is 58.1 Å². The lowest BCUT2D eigenvalue weighted by Gasteiger charge is -2.31. The molecule has 2 heterocycles. The van der Waals surface area contributed by atoms with E-state index in [-0.39, 0.29) is 11.8 Å². The molecule has 33 heavy (non-hydrogen) atoms. The summed E-state index contributed by atoms with van der Waals surface area (Å²) < 4.78 is 28.1. The molecule has 6 nitrogen and oxygen atoms in total. The van der Waals surface area contributed by atoms with Crippen LogP contribution in [0, 0.1) is 26.7 Å². The molecule has 1 fully saturated rings. The number of nitrogens with one attached hydrogen (secondary N) is 1. The van der Waals surface area contributed by atoms with Gasteiger partial charge in [-0.2, -0.15) is 4.31 Å². The van der Waals surface area contributed by atoms with Crippen molar-refractivity contribution >= 4 is 21.6 Å². The zero-order valence-electron chi connectivity index (χ0n) is 20.1. The molecule has 0 bridgehead atoms. The van der Waals surface area contributed by atoms with Crippen molar-refractivity contribution in [2.24, 2.45) is 5.92 Å². The second kappa shape index (κ2) is 9.47. The fourth-order valence-corrected chi connectivity index (χ4v) is 7.22. The van der Waals surface area contributed by atoms with E-state index in [1.807, 2.05) is 32.9 Å². The summed E-state index contributed by atoms with van der Waals surface area (Å²) in [5.41, 5.74) is 6.36. The Morgan fingerprint density at radius 2 is 1.70 bits per heavy atom. The lowest BCUT2D eigenvalue weighted by molar-refractivity contribution is -0.126. The molecule has 0 spiro atoms. The number of carbonyl (C=O) groups is 1. The number of piperidine rings is 1. The molecule has 0 aliphatic carbocycles. The standard InChI is InChI=1S/C26H35N3O3S/c1-18-14-19(2)25(20(3)15-18)33(31,32)29-12-9-22(10-13-29)26(30)27-17-21-7-8-24-23(16-21)6-5-11-28(24)4/h7-8,14-16,22H,5-6,9-13,17H2,1-4H3,(H,27,30). The van der Waals surface area contributed by atoms with Crippen LogP contribution in [0.2, 0.25) is 0 Å². The lowest BCUT2D eigenvalue weighted by Crippen LogP contribution is -2.43. The first-order valence-electron chi connectivity index (χ1n) is 11.9. The number of aryl methyl sites for hydroxylation is 4. The number of hydrogen-bond donors (Lipinski definition) is 1. The van der Waals surface area contributed by atoms with Crippen molar-refractivity contribution in [2.75, 3.05) is 31.6 Å². The van der Waals surface area contributed by atoms with Gasteiger partial charge in [0.25, 0.3) is 0 Å². The first kappa shape index (κ1) is 23.8. The molecule has 2 aliphatic heterocycles. The van der Waals surface area contributed by atoms with E-state index in [2.05, 4.69) is 35.5 Å². The number of rotatable bonds is 5. The smallest absolute Gasteiger partial charge is 0.243 e. The Hall–Kier alpha value is -2.38. The molecule has 1 saturated heterocycles. The lowest BCUT2D eigenvalue weighted by atomic mass is 9.96. The van der Waals surface area contributed by atoms with E-state index in [9.17, 15) is 13.2 Å². The Balaban J connectivity index is 1.35. The highest BCUT2D eigenvalue weighted by Crippen LogP contribution is 2.29. The molecule has 4 rings (SSSR count). The number of carbonyl (C=O) groups excluding carboxylic acids is 1. The highest BCUT2D eigenvalue weighted by Gasteiger charge is 2.33. The van der Waals surface area contributed by atoms with Gasteiger partial charge in [0.2, 0.25) is 15.9 Å². The van der Waals surface area contributed by atoms with Crippen LogP contribution < -0.4 is 10.2 Å². The second-order valence-corrected chi connectivity index (χ2v) is 11.5. The molecule has 1 amide bonds. The minimum atomic E-state index is -3.56. The van der Waals surface area contributed by atoms with Gasteiger partial charge in [-0.3, -0.25) is 4.79 Å². The molecular formula is C26H35N3O3S. The van der Waals surface area contributed by atoms with E-state index in [4.69, 9.17) is 0 Å². The first-order chi connectivity index (χ1) is 15.7. The largest absolute Gasteiger partial charge is 0.374 e. The molecule has 0 saturated carbocycles. The highest BCUT2D eigenvalue weighted by molar-refractivity contribution is 7.89. The van der Waals surface area contributed by atoms with Crippen molar-refractivity contribution < 1.29 is 13.2 Å². The zero-order chi connectivity index (χ0) is 23.8. The summed E-state index contributed by atoms with van der Waals surface area (Å²) in [5.74, 6) is -0.134. The molecule has 0 radical (unpaired) electrons. The number of hydrogen-bond acceptors (Lipinski definition) is 4. The molecular weight excluding hydrogens is 434 g/mol. The predicted octanol–water partition coefficient (Wildman–Crippen LogP) is 3.71. The number of anilines is 1. The minimum absolute atomic E-state index is 0.0181. The maximum absolute atomic E-state index is 13.3. The third-order valence-electron chi connectivity index (χ3n) is 6.99. The number of sulfonamides is 1. The first-order valence-corrected chi connectivity index (χ1v) is 13.3. The Bertz CT molecular complexity index is 1130. The van der Waals surface area contributed by atoms with Crippen molar-refractivity contribution in [3.63, 3.8) is 0 Å². The van der Waals surface area contributed by atoms with Crippen LogP contribution in [0.5, 0.6) is 0 Å². The Labute approximate surface area is 198 Å². The topological polar surface area (TPSA) is 69.7 Å². The van der Waals surface area contributed by atoms with Gasteiger partial charge in [0.15, 0.2) is 0 Å². The van der Waals surface area contributed by atoms with Crippen LogP contribution in [0.1, 0.15) is 47.1 Å². The van der Waals surface area contributed by atoms with Crippen LogP contribution in [0.15, 0.2) is 35.2 Å². The quantitative estimate of drug-likeness (QED) is 0.725. The van der Waals surface area contributed by atoms with Gasteiger partial charge in [0.05, 0.1) is 4.90 Å². The van der Waals surface area contributed by atoms with Crippen molar-refractivity contribution in [1.82, 2.24) is 9.62 Å². The molecule has 178 valence electrons. The zero-order valence-corrected chi connectivity index (χ0v) is 21.0. The number of amides is 1. The highest BCUT2D eigenvalue weighted by atomic mass is 32.2. The summed E-state index contributed by atoms with van der Waals surface area (Å²) in [4.78, 5) is 15.5. The predicted molar refractivity (Wildman–Crippen MR) is 132 cm³/mol. The van der Waals surface area contributed by atoms with E-state index in [0.29, 0.717) is 37.4 Å². The molecule has 7 heteroatoms. The van der Waals surface area contributed by atoms with Crippen LogP contribution in [-0.2, 0) is 27.8 Å². The van der Waals surface area contributed by atoms with Gasteiger partial charge in [-0.1, -0.05) is 29.8 Å². The van der Waals surface area contributed by atoms with Gasteiger partial charge < -0.3 is 10.2 Å². The van der Waals surface area contributed by atoms with Crippen molar-refractivity contribution in [2.45, 2.75) is 57.9 Å². The average molecular weight is 470 g/mol. The van der Waals surface area contributed by atoms with Crippen LogP contribution in [0.25, 0.3) is 0 Å². The number of nitrogens with zero attached hydrogens (tertiary/aromatic N) is 2. The fourth-order valence-electron chi connectivity index (χ4n) is 5.34. The van der Waals surface area contributed by atoms with Crippen LogP contribution >= 0.6 is 0 Å². The minimum Gasteiger partial charge on any atom is -0.374 e. The fraction of sp³-hybridized carbons (Fsp3) is 0.500. The molecule has 2 aliphatic rings. The Morgan fingerprint density at radius 1 is 1.03 bits per heavy atom. The molecule has 1 N–H and O–H groups in total. The van der Waals surface area contributed by atoms with Gasteiger partial charge >= 0.3 is 0 Å². The molecule has 0 unspecified atom stereocenters. The van der Waals surface area contributed by atoms with Crippen molar-refractivity contribution in [3.8, 4) is 0 Å². The second-order valence-electron chi connectivity index (χ2n) is 9.61. The van der Waals surface area contributed by atoms with E-state index in [1.54, 1.807) is 4.31 Å². The average Bonchev–Trinajstić information content (AvgIpc) is 2.76. The molecule has 0 atom stereocenters. The molecule has 2 aromatic rings. The van der Waals surface area contributed by atoms with Gasteiger partial charge in [0, 0.05) is 44.8 Å². The van der Waals surface area contributed by atoms with E-state index in [0.717, 1.165) is 41.6 Å². The summed E-state index contributed by atoms with van der Waals surface area (Å²) in [7, 11) is -1.44. The summed E-state index contributed by atoms with van der Waals surface area (Å²) in [6.07, 6.45) is 3.32. The number of benzene rings is 2. The monoisotopic (exact) mass is 469 g/mol. The molecule has 2 aromatic carbocycles. The summed E-state index contributed by atoms with van der Waals surface area (Å²) in [5, 5.41) is 3.08. The molecule has 0 aromatic heterocycles. The van der Waals surface area contributed by atoms with Gasteiger partial charge in [0.1, 0.15) is 0 Å². The summed E-state index contributed by atoms with van der Waals surface area (Å²) >= 11 is 0. The third kappa shape index (κ3) is 4.94. The third-order valence-corrected chi connectivity index (χ3v) is 9.19. The Morgan fingerprint density at radius 3 is 2.36 bits per heavy atom. The van der Waals surface area contributed by atoms with Gasteiger partial charge in [-0.15, -0.1) is 0 Å². The Kier molecular flexibility index (Phi) is 6.82. The van der Waals surface area contributed by atoms with Crippen LogP contribution in [0.4, 0.5) is 5.69 Å². The van der Waals surface area contributed by atoms with Crippen LogP contribution in [0.3, 0.4) is 0 Å². The van der Waals surface area contributed by atoms with Crippen LogP contribution in [-0.4, -0.2) is 45.3 Å². The van der Waals surface area contributed by atoms with E-state index < -0.39 is 10.0 Å². The normalized spacial score (nSPS) is 17.6. The number of fused-ring (bicyclic) bond motifs is 1. The van der Waals surface area contributed by atoms with Crippen molar-refractivity contribution in [1.29, 1.82) is 0 Å². The SMILES string of the molecule is Cc1cc(C)c(S(=O)(=O)N2CCC(C(=O)NCc3ccc4c(c3)CCCN4C)CC2)c(C)c1.